The van der Waals surface area contributed by atoms with Crippen molar-refractivity contribution in [1.82, 2.24) is 9.55 Å². The molecule has 0 spiro atoms. The lowest BCUT2D eigenvalue weighted by atomic mass is 10.3. The first-order valence-corrected chi connectivity index (χ1v) is 4.87. The topological polar surface area (TPSA) is 55.1 Å². The number of hydrogen-bond donors (Lipinski definition) is 1. The van der Waals surface area contributed by atoms with Crippen molar-refractivity contribution in [2.75, 3.05) is 0 Å². The maximum Gasteiger partial charge on any atom is 0.365 e. The number of carboxylic acids is 1. The number of aromatic carboxylic acids is 1. The second-order valence-electron chi connectivity index (χ2n) is 2.85. The van der Waals surface area contributed by atoms with E-state index in [4.69, 9.17) is 5.11 Å². The van der Waals surface area contributed by atoms with Gasteiger partial charge >= 0.3 is 5.97 Å². The minimum atomic E-state index is -0.976. The molecule has 2 rings (SSSR count). The minimum Gasteiger partial charge on any atom is -0.476 e. The van der Waals surface area contributed by atoms with E-state index in [-0.39, 0.29) is 5.01 Å². The summed E-state index contributed by atoms with van der Waals surface area (Å²) >= 11 is 1.14. The first kappa shape index (κ1) is 8.96. The molecule has 0 aliphatic rings. The van der Waals surface area contributed by atoms with Crippen LogP contribution in [0.5, 0.6) is 0 Å². The lowest BCUT2D eigenvalue weighted by Crippen LogP contribution is -1.95. The Bertz CT molecular complexity index is 473. The summed E-state index contributed by atoms with van der Waals surface area (Å²) in [7, 11) is 1.90. The van der Waals surface area contributed by atoms with Crippen LogP contribution in [0.25, 0.3) is 11.4 Å². The number of rotatable bonds is 2. The maximum absolute atomic E-state index is 10.6. The molecule has 2 heterocycles. The Hall–Kier alpha value is -1.62. The lowest BCUT2D eigenvalue weighted by Gasteiger charge is -1.97. The van der Waals surface area contributed by atoms with Gasteiger partial charge in [-0.2, -0.15) is 0 Å². The van der Waals surface area contributed by atoms with Crippen LogP contribution in [0, 0.1) is 0 Å². The highest BCUT2D eigenvalue weighted by atomic mass is 32.1. The van der Waals surface area contributed by atoms with Crippen molar-refractivity contribution in [3.63, 3.8) is 0 Å². The van der Waals surface area contributed by atoms with E-state index in [0.717, 1.165) is 17.0 Å². The maximum atomic E-state index is 10.6. The lowest BCUT2D eigenvalue weighted by molar-refractivity contribution is 0.0696. The fraction of sp³-hybridized carbons (Fsp3) is 0.111. The van der Waals surface area contributed by atoms with Gasteiger partial charge in [-0.25, -0.2) is 9.78 Å². The normalized spacial score (nSPS) is 10.4. The van der Waals surface area contributed by atoms with Crippen LogP contribution < -0.4 is 0 Å². The summed E-state index contributed by atoms with van der Waals surface area (Å²) in [5, 5.41) is 10.6. The third-order valence-electron chi connectivity index (χ3n) is 1.89. The number of hydrogen-bond acceptors (Lipinski definition) is 3. The predicted molar refractivity (Wildman–Crippen MR) is 53.5 cm³/mol. The van der Waals surface area contributed by atoms with Crippen LogP contribution in [0.2, 0.25) is 0 Å². The highest BCUT2D eigenvalue weighted by Crippen LogP contribution is 2.21. The van der Waals surface area contributed by atoms with Gasteiger partial charge in [0.2, 0.25) is 5.01 Å². The van der Waals surface area contributed by atoms with Gasteiger partial charge in [0.15, 0.2) is 0 Å². The van der Waals surface area contributed by atoms with Gasteiger partial charge in [-0.05, 0) is 12.1 Å². The zero-order valence-corrected chi connectivity index (χ0v) is 8.28. The van der Waals surface area contributed by atoms with E-state index in [1.54, 1.807) is 5.38 Å². The smallest absolute Gasteiger partial charge is 0.365 e. The van der Waals surface area contributed by atoms with Gasteiger partial charge in [-0.1, -0.05) is 0 Å². The van der Waals surface area contributed by atoms with Crippen molar-refractivity contribution in [3.05, 3.63) is 28.7 Å². The number of carbonyl (C=O) groups is 1. The van der Waals surface area contributed by atoms with Crippen molar-refractivity contribution in [1.29, 1.82) is 0 Å². The van der Waals surface area contributed by atoms with Gasteiger partial charge in [0.25, 0.3) is 0 Å². The molecule has 0 saturated heterocycles. The fourth-order valence-corrected chi connectivity index (χ4v) is 1.87. The second-order valence-corrected chi connectivity index (χ2v) is 3.71. The van der Waals surface area contributed by atoms with Crippen molar-refractivity contribution >= 4 is 17.3 Å². The molecule has 1 N–H and O–H groups in total. The SMILES string of the molecule is Cn1cccc1-c1csc(C(=O)O)n1. The van der Waals surface area contributed by atoms with E-state index < -0.39 is 5.97 Å². The number of nitrogens with zero attached hydrogens (tertiary/aromatic N) is 2. The quantitative estimate of drug-likeness (QED) is 0.819. The molecule has 0 unspecified atom stereocenters. The molecule has 0 atom stereocenters. The van der Waals surface area contributed by atoms with Crippen molar-refractivity contribution < 1.29 is 9.90 Å². The molecule has 2 aromatic rings. The molecule has 72 valence electrons. The third-order valence-corrected chi connectivity index (χ3v) is 2.72. The first-order chi connectivity index (χ1) is 6.68. The largest absolute Gasteiger partial charge is 0.476 e. The molecule has 4 nitrogen and oxygen atoms in total. The number of aromatic nitrogens is 2. The fourth-order valence-electron chi connectivity index (χ4n) is 1.22. The van der Waals surface area contributed by atoms with E-state index in [9.17, 15) is 4.79 Å². The molecule has 0 saturated carbocycles. The van der Waals surface area contributed by atoms with Crippen molar-refractivity contribution in [3.8, 4) is 11.4 Å². The highest BCUT2D eigenvalue weighted by molar-refractivity contribution is 7.11. The van der Waals surface area contributed by atoms with Crippen LogP contribution in [0.1, 0.15) is 9.80 Å². The van der Waals surface area contributed by atoms with Crippen LogP contribution in [-0.4, -0.2) is 20.6 Å². The molecule has 0 radical (unpaired) electrons. The Kier molecular flexibility index (Phi) is 2.09. The first-order valence-electron chi connectivity index (χ1n) is 3.99. The second kappa shape index (κ2) is 3.26. The molecular formula is C9H8N2O2S. The van der Waals surface area contributed by atoms with Crippen LogP contribution >= 0.6 is 11.3 Å². The van der Waals surface area contributed by atoms with Gasteiger partial charge in [0, 0.05) is 18.6 Å². The Morgan fingerprint density at radius 3 is 2.93 bits per heavy atom. The Labute approximate surface area is 84.5 Å². The molecule has 0 amide bonds. The summed E-state index contributed by atoms with van der Waals surface area (Å²) < 4.78 is 1.90. The van der Waals surface area contributed by atoms with Gasteiger partial charge in [0.05, 0.1) is 11.4 Å². The zero-order chi connectivity index (χ0) is 10.1. The monoisotopic (exact) mass is 208 g/mol. The Balaban J connectivity index is 2.43. The van der Waals surface area contributed by atoms with Crippen LogP contribution in [-0.2, 0) is 7.05 Å². The average Bonchev–Trinajstić information content (AvgIpc) is 2.71. The van der Waals surface area contributed by atoms with Crippen LogP contribution in [0.3, 0.4) is 0 Å². The van der Waals surface area contributed by atoms with Crippen molar-refractivity contribution in [2.24, 2.45) is 7.05 Å². The van der Waals surface area contributed by atoms with Gasteiger partial charge in [-0.15, -0.1) is 11.3 Å². The van der Waals surface area contributed by atoms with Gasteiger partial charge in [0.1, 0.15) is 0 Å². The Morgan fingerprint density at radius 1 is 1.64 bits per heavy atom. The van der Waals surface area contributed by atoms with E-state index in [1.807, 2.05) is 29.9 Å². The standard InChI is InChI=1S/C9H8N2O2S/c1-11-4-2-3-7(11)6-5-14-8(10-6)9(12)13/h2-5H,1H3,(H,12,13). The number of carboxylic acid groups (broad SMARTS) is 1. The van der Waals surface area contributed by atoms with Gasteiger partial charge < -0.3 is 9.67 Å². The summed E-state index contributed by atoms with van der Waals surface area (Å²) in [5.41, 5.74) is 1.63. The third kappa shape index (κ3) is 1.42. The summed E-state index contributed by atoms with van der Waals surface area (Å²) in [6, 6.07) is 3.80. The molecule has 0 aromatic carbocycles. The predicted octanol–water partition coefficient (Wildman–Crippen LogP) is 1.85. The summed E-state index contributed by atoms with van der Waals surface area (Å²) in [5.74, 6) is -0.976. The molecule has 5 heteroatoms. The molecular weight excluding hydrogens is 200 g/mol. The van der Waals surface area contributed by atoms with Gasteiger partial charge in [-0.3, -0.25) is 0 Å². The summed E-state index contributed by atoms with van der Waals surface area (Å²) in [6.45, 7) is 0. The molecule has 0 bridgehead atoms. The molecule has 14 heavy (non-hydrogen) atoms. The van der Waals surface area contributed by atoms with E-state index >= 15 is 0 Å². The van der Waals surface area contributed by atoms with Crippen molar-refractivity contribution in [2.45, 2.75) is 0 Å². The average molecular weight is 208 g/mol. The minimum absolute atomic E-state index is 0.126. The zero-order valence-electron chi connectivity index (χ0n) is 7.47. The number of aryl methyl sites for hydroxylation is 1. The summed E-state index contributed by atoms with van der Waals surface area (Å²) in [6.07, 6.45) is 1.90. The van der Waals surface area contributed by atoms with E-state index in [1.165, 1.54) is 0 Å². The molecule has 0 aliphatic carbocycles. The van der Waals surface area contributed by atoms with Crippen LogP contribution in [0.15, 0.2) is 23.7 Å². The molecule has 0 aliphatic heterocycles. The summed E-state index contributed by atoms with van der Waals surface area (Å²) in [4.78, 5) is 14.6. The van der Waals surface area contributed by atoms with E-state index in [0.29, 0.717) is 5.69 Å². The number of thiazole rings is 1. The van der Waals surface area contributed by atoms with E-state index in [2.05, 4.69) is 4.98 Å². The molecule has 0 fully saturated rings. The molecule has 2 aromatic heterocycles. The highest BCUT2D eigenvalue weighted by Gasteiger charge is 2.11. The Morgan fingerprint density at radius 2 is 2.43 bits per heavy atom. The van der Waals surface area contributed by atoms with Crippen LogP contribution in [0.4, 0.5) is 0 Å².